The van der Waals surface area contributed by atoms with Gasteiger partial charge in [-0.05, 0) is 31.7 Å². The van der Waals surface area contributed by atoms with Gasteiger partial charge in [0.05, 0.1) is 19.0 Å². The summed E-state index contributed by atoms with van der Waals surface area (Å²) in [6, 6.07) is 6.98. The summed E-state index contributed by atoms with van der Waals surface area (Å²) in [7, 11) is 0. The summed E-state index contributed by atoms with van der Waals surface area (Å²) in [5, 5.41) is 18.5. The molecule has 1 aromatic rings. The van der Waals surface area contributed by atoms with Crippen molar-refractivity contribution in [3.63, 3.8) is 0 Å². The summed E-state index contributed by atoms with van der Waals surface area (Å²) in [6.45, 7) is 5.36. The number of nitrogens with zero attached hydrogens (tertiary/aromatic N) is 2. The zero-order valence-electron chi connectivity index (χ0n) is 18.6. The minimum Gasteiger partial charge on any atom is -0.481 e. The standard InChI is InChI=1S/C23H33N5O4/c1-16-4-2-5-18(14-16)19(15-21(30)31)27-22(32)17-7-12-28(13-8-17)20(29)6-3-9-24-23-25-10-11-26-23/h2,4-5,14,17,19H,3,6-13,15H2,1H3,(H,27,32)(H,30,31)(H2,24,25,26). The lowest BCUT2D eigenvalue weighted by Crippen LogP contribution is -2.44. The summed E-state index contributed by atoms with van der Waals surface area (Å²) < 4.78 is 0. The fraction of sp³-hybridized carbons (Fsp3) is 0.565. The van der Waals surface area contributed by atoms with E-state index in [2.05, 4.69) is 20.9 Å². The molecular weight excluding hydrogens is 410 g/mol. The van der Waals surface area contributed by atoms with Crippen LogP contribution in [0.15, 0.2) is 29.3 Å². The maximum atomic E-state index is 12.8. The first-order valence-corrected chi connectivity index (χ1v) is 11.3. The molecule has 0 saturated carbocycles. The van der Waals surface area contributed by atoms with Crippen LogP contribution >= 0.6 is 0 Å². The molecule has 0 bridgehead atoms. The van der Waals surface area contributed by atoms with Crippen molar-refractivity contribution < 1.29 is 19.5 Å². The van der Waals surface area contributed by atoms with Gasteiger partial charge in [0.1, 0.15) is 0 Å². The lowest BCUT2D eigenvalue weighted by Gasteiger charge is -2.32. The molecular formula is C23H33N5O4. The van der Waals surface area contributed by atoms with Gasteiger partial charge in [-0.25, -0.2) is 0 Å². The molecule has 2 aliphatic rings. The lowest BCUT2D eigenvalue weighted by atomic mass is 9.94. The summed E-state index contributed by atoms with van der Waals surface area (Å²) in [5.41, 5.74) is 1.81. The van der Waals surface area contributed by atoms with E-state index < -0.39 is 12.0 Å². The number of aryl methyl sites for hydroxylation is 1. The number of amides is 2. The quantitative estimate of drug-likeness (QED) is 0.425. The van der Waals surface area contributed by atoms with Crippen LogP contribution in [0.1, 0.15) is 49.3 Å². The monoisotopic (exact) mass is 443 g/mol. The highest BCUT2D eigenvalue weighted by Crippen LogP contribution is 2.23. The number of carbonyl (C=O) groups excluding carboxylic acids is 2. The zero-order valence-corrected chi connectivity index (χ0v) is 18.6. The number of hydrogen-bond donors (Lipinski definition) is 4. The average molecular weight is 444 g/mol. The van der Waals surface area contributed by atoms with E-state index >= 15 is 0 Å². The average Bonchev–Trinajstić information content (AvgIpc) is 3.29. The van der Waals surface area contributed by atoms with E-state index in [9.17, 15) is 19.5 Å². The van der Waals surface area contributed by atoms with Crippen LogP contribution < -0.4 is 16.0 Å². The zero-order chi connectivity index (χ0) is 22.9. The van der Waals surface area contributed by atoms with Crippen LogP contribution in [0.2, 0.25) is 0 Å². The van der Waals surface area contributed by atoms with Crippen LogP contribution in [0.4, 0.5) is 0 Å². The maximum Gasteiger partial charge on any atom is 0.305 e. The van der Waals surface area contributed by atoms with Gasteiger partial charge in [-0.2, -0.15) is 0 Å². The molecule has 9 nitrogen and oxygen atoms in total. The largest absolute Gasteiger partial charge is 0.481 e. The summed E-state index contributed by atoms with van der Waals surface area (Å²) in [6.07, 6.45) is 2.20. The van der Waals surface area contributed by atoms with Crippen molar-refractivity contribution in [2.24, 2.45) is 10.9 Å². The Morgan fingerprint density at radius 2 is 2.06 bits per heavy atom. The molecule has 0 aromatic heterocycles. The molecule has 0 radical (unpaired) electrons. The minimum atomic E-state index is -0.956. The number of carboxylic acids is 1. The Hall–Kier alpha value is -3.10. The Balaban J connectivity index is 1.43. The fourth-order valence-electron chi connectivity index (χ4n) is 4.12. The predicted octanol–water partition coefficient (Wildman–Crippen LogP) is 1.19. The first-order valence-electron chi connectivity index (χ1n) is 11.3. The molecule has 2 amide bonds. The van der Waals surface area contributed by atoms with Gasteiger partial charge < -0.3 is 26.0 Å². The van der Waals surface area contributed by atoms with E-state index in [1.165, 1.54) is 0 Å². The number of benzene rings is 1. The summed E-state index contributed by atoms with van der Waals surface area (Å²) in [5.74, 6) is -0.402. The Morgan fingerprint density at radius 3 is 2.72 bits per heavy atom. The van der Waals surface area contributed by atoms with Crippen molar-refractivity contribution in [1.82, 2.24) is 20.9 Å². The Bertz CT molecular complexity index is 849. The third kappa shape index (κ3) is 6.96. The Kier molecular flexibility index (Phi) is 8.47. The molecule has 0 aliphatic carbocycles. The molecule has 1 aromatic carbocycles. The second-order valence-electron chi connectivity index (χ2n) is 8.42. The molecule has 1 atom stereocenters. The molecule has 32 heavy (non-hydrogen) atoms. The van der Waals surface area contributed by atoms with Gasteiger partial charge in [-0.15, -0.1) is 0 Å². The molecule has 0 spiro atoms. The van der Waals surface area contributed by atoms with Crippen molar-refractivity contribution in [3.05, 3.63) is 35.4 Å². The predicted molar refractivity (Wildman–Crippen MR) is 121 cm³/mol. The molecule has 174 valence electrons. The van der Waals surface area contributed by atoms with Gasteiger partial charge in [-0.1, -0.05) is 29.8 Å². The van der Waals surface area contributed by atoms with Crippen LogP contribution in [-0.4, -0.2) is 66.5 Å². The van der Waals surface area contributed by atoms with Crippen LogP contribution in [0.25, 0.3) is 0 Å². The second kappa shape index (κ2) is 11.5. The van der Waals surface area contributed by atoms with Crippen molar-refractivity contribution >= 4 is 23.7 Å². The van der Waals surface area contributed by atoms with Gasteiger partial charge in [0.2, 0.25) is 11.8 Å². The van der Waals surface area contributed by atoms with Crippen LogP contribution in [-0.2, 0) is 14.4 Å². The number of piperidine rings is 1. The van der Waals surface area contributed by atoms with E-state index in [1.54, 1.807) is 0 Å². The van der Waals surface area contributed by atoms with Crippen molar-refractivity contribution in [2.45, 2.75) is 45.1 Å². The molecule has 9 heteroatoms. The highest BCUT2D eigenvalue weighted by Gasteiger charge is 2.29. The van der Waals surface area contributed by atoms with Crippen LogP contribution in [0.3, 0.4) is 0 Å². The summed E-state index contributed by atoms with van der Waals surface area (Å²) >= 11 is 0. The normalized spacial score (nSPS) is 17.3. The molecule has 1 saturated heterocycles. The third-order valence-electron chi connectivity index (χ3n) is 5.89. The smallest absolute Gasteiger partial charge is 0.305 e. The number of carboxylic acid groups (broad SMARTS) is 1. The minimum absolute atomic E-state index is 0.107. The Morgan fingerprint density at radius 1 is 1.28 bits per heavy atom. The fourth-order valence-corrected chi connectivity index (χ4v) is 4.12. The SMILES string of the molecule is Cc1cccc(C(CC(=O)O)NC(=O)C2CCN(C(=O)CCCNC3=NCCN3)CC2)c1. The van der Waals surface area contributed by atoms with E-state index in [1.807, 2.05) is 36.1 Å². The number of aliphatic carboxylic acids is 1. The highest BCUT2D eigenvalue weighted by atomic mass is 16.4. The molecule has 1 unspecified atom stereocenters. The molecule has 4 N–H and O–H groups in total. The van der Waals surface area contributed by atoms with Crippen molar-refractivity contribution in [3.8, 4) is 0 Å². The number of carbonyl (C=O) groups is 3. The molecule has 1 fully saturated rings. The topological polar surface area (TPSA) is 123 Å². The first kappa shape index (κ1) is 23.6. The Labute approximate surface area is 188 Å². The number of aliphatic imine (C=N–C) groups is 1. The summed E-state index contributed by atoms with van der Waals surface area (Å²) in [4.78, 5) is 42.7. The van der Waals surface area contributed by atoms with Crippen molar-refractivity contribution in [1.29, 1.82) is 0 Å². The van der Waals surface area contributed by atoms with Gasteiger partial charge >= 0.3 is 5.97 Å². The molecule has 2 heterocycles. The van der Waals surface area contributed by atoms with Gasteiger partial charge in [-0.3, -0.25) is 19.4 Å². The van der Waals surface area contributed by atoms with E-state index in [-0.39, 0.29) is 24.2 Å². The number of likely N-dealkylation sites (tertiary alicyclic amines) is 1. The van der Waals surface area contributed by atoms with E-state index in [0.717, 1.165) is 36.6 Å². The van der Waals surface area contributed by atoms with Gasteiger partial charge in [0.15, 0.2) is 5.96 Å². The van der Waals surface area contributed by atoms with Crippen LogP contribution in [0, 0.1) is 12.8 Å². The molecule has 2 aliphatic heterocycles. The van der Waals surface area contributed by atoms with E-state index in [4.69, 9.17) is 0 Å². The van der Waals surface area contributed by atoms with Crippen molar-refractivity contribution in [2.75, 3.05) is 32.7 Å². The van der Waals surface area contributed by atoms with Crippen LogP contribution in [0.5, 0.6) is 0 Å². The number of nitrogens with one attached hydrogen (secondary N) is 3. The number of hydrogen-bond acceptors (Lipinski definition) is 6. The second-order valence-corrected chi connectivity index (χ2v) is 8.42. The lowest BCUT2D eigenvalue weighted by molar-refractivity contribution is -0.139. The number of rotatable bonds is 9. The first-order chi connectivity index (χ1) is 15.4. The van der Waals surface area contributed by atoms with Gasteiger partial charge in [0.25, 0.3) is 0 Å². The molecule has 3 rings (SSSR count). The number of guanidine groups is 1. The third-order valence-corrected chi connectivity index (χ3v) is 5.89. The maximum absolute atomic E-state index is 12.8. The highest BCUT2D eigenvalue weighted by molar-refractivity contribution is 5.82. The van der Waals surface area contributed by atoms with E-state index in [0.29, 0.717) is 38.9 Å². The van der Waals surface area contributed by atoms with Gasteiger partial charge in [0, 0.05) is 38.5 Å².